The summed E-state index contributed by atoms with van der Waals surface area (Å²) in [5, 5.41) is 6.66. The van der Waals surface area contributed by atoms with Crippen LogP contribution >= 0.6 is 0 Å². The first-order valence-corrected chi connectivity index (χ1v) is 6.39. The van der Waals surface area contributed by atoms with E-state index in [9.17, 15) is 0 Å². The highest BCUT2D eigenvalue weighted by atomic mass is 15.2. The second-order valence-corrected chi connectivity index (χ2v) is 4.30. The van der Waals surface area contributed by atoms with Crippen LogP contribution in [0.3, 0.4) is 0 Å². The predicted octanol–water partition coefficient (Wildman–Crippen LogP) is 2.14. The molecule has 0 spiro atoms. The molecule has 0 saturated heterocycles. The van der Waals surface area contributed by atoms with Crippen molar-refractivity contribution in [3.05, 3.63) is 0 Å². The summed E-state index contributed by atoms with van der Waals surface area (Å²) in [6.07, 6.45) is 6.56. The molecule has 1 fully saturated rings. The molecule has 0 heterocycles. The first-order valence-electron chi connectivity index (χ1n) is 6.39. The summed E-state index contributed by atoms with van der Waals surface area (Å²) in [6, 6.07) is 0. The van der Waals surface area contributed by atoms with E-state index in [2.05, 4.69) is 29.5 Å². The molecule has 1 saturated carbocycles. The summed E-state index contributed by atoms with van der Waals surface area (Å²) in [7, 11) is 0. The third-order valence-corrected chi connectivity index (χ3v) is 2.62. The number of nitrogens with one attached hydrogen (secondary N) is 2. The Labute approximate surface area is 93.7 Å². The first kappa shape index (κ1) is 12.3. The van der Waals surface area contributed by atoms with Crippen LogP contribution in [0, 0.1) is 5.92 Å². The predicted molar refractivity (Wildman–Crippen MR) is 66.2 cm³/mol. The van der Waals surface area contributed by atoms with E-state index >= 15 is 0 Å². The number of unbranched alkanes of at least 4 members (excludes halogenated alkanes) is 2. The van der Waals surface area contributed by atoms with Crippen molar-refractivity contribution >= 4 is 5.96 Å². The van der Waals surface area contributed by atoms with Gasteiger partial charge in [0, 0.05) is 19.6 Å². The van der Waals surface area contributed by atoms with Crippen LogP contribution in [0.15, 0.2) is 4.99 Å². The zero-order valence-electron chi connectivity index (χ0n) is 10.2. The van der Waals surface area contributed by atoms with Crippen LogP contribution in [-0.2, 0) is 0 Å². The molecule has 1 rings (SSSR count). The molecule has 15 heavy (non-hydrogen) atoms. The lowest BCUT2D eigenvalue weighted by Crippen LogP contribution is -2.37. The molecule has 0 radical (unpaired) electrons. The summed E-state index contributed by atoms with van der Waals surface area (Å²) in [4.78, 5) is 4.57. The van der Waals surface area contributed by atoms with E-state index < -0.39 is 0 Å². The third kappa shape index (κ3) is 6.37. The fourth-order valence-corrected chi connectivity index (χ4v) is 1.44. The van der Waals surface area contributed by atoms with Gasteiger partial charge in [0.15, 0.2) is 5.96 Å². The summed E-state index contributed by atoms with van der Waals surface area (Å²) in [6.45, 7) is 7.34. The Kier molecular flexibility index (Phi) is 6.21. The molecule has 0 bridgehead atoms. The van der Waals surface area contributed by atoms with Crippen LogP contribution in [0.2, 0.25) is 0 Å². The number of guanidine groups is 1. The standard InChI is InChI=1S/C12H25N3/c1-3-5-6-9-14-12(13-4-2)15-10-11-7-8-11/h11H,3-10H2,1-2H3,(H2,13,14,15). The maximum absolute atomic E-state index is 4.57. The van der Waals surface area contributed by atoms with Crippen molar-refractivity contribution in [1.82, 2.24) is 10.6 Å². The largest absolute Gasteiger partial charge is 0.357 e. The lowest BCUT2D eigenvalue weighted by atomic mass is 10.2. The lowest BCUT2D eigenvalue weighted by molar-refractivity contribution is 0.681. The van der Waals surface area contributed by atoms with Crippen LogP contribution in [0.25, 0.3) is 0 Å². The van der Waals surface area contributed by atoms with Gasteiger partial charge < -0.3 is 10.6 Å². The molecule has 0 amide bonds. The van der Waals surface area contributed by atoms with Gasteiger partial charge in [-0.3, -0.25) is 4.99 Å². The van der Waals surface area contributed by atoms with Crippen LogP contribution in [0.1, 0.15) is 46.0 Å². The Morgan fingerprint density at radius 2 is 2.00 bits per heavy atom. The van der Waals surface area contributed by atoms with Gasteiger partial charge in [-0.05, 0) is 32.1 Å². The van der Waals surface area contributed by atoms with E-state index in [1.54, 1.807) is 0 Å². The van der Waals surface area contributed by atoms with Gasteiger partial charge in [0.2, 0.25) is 0 Å². The lowest BCUT2D eigenvalue weighted by Gasteiger charge is -2.10. The Balaban J connectivity index is 2.13. The van der Waals surface area contributed by atoms with Crippen molar-refractivity contribution in [2.45, 2.75) is 46.0 Å². The van der Waals surface area contributed by atoms with Crippen LogP contribution < -0.4 is 10.6 Å². The molecule has 88 valence electrons. The van der Waals surface area contributed by atoms with Crippen molar-refractivity contribution in [3.63, 3.8) is 0 Å². The third-order valence-electron chi connectivity index (χ3n) is 2.62. The molecule has 3 heteroatoms. The fraction of sp³-hybridized carbons (Fsp3) is 0.917. The number of hydrogen-bond acceptors (Lipinski definition) is 1. The summed E-state index contributed by atoms with van der Waals surface area (Å²) in [5.74, 6) is 1.87. The topological polar surface area (TPSA) is 36.4 Å². The minimum absolute atomic E-state index is 0.871. The van der Waals surface area contributed by atoms with Gasteiger partial charge in [0.05, 0.1) is 0 Å². The van der Waals surface area contributed by atoms with Gasteiger partial charge in [-0.15, -0.1) is 0 Å². The number of aliphatic imine (C=N–C) groups is 1. The minimum atomic E-state index is 0.871. The first-order chi connectivity index (χ1) is 7.36. The maximum atomic E-state index is 4.57. The molecule has 0 aromatic carbocycles. The van der Waals surface area contributed by atoms with Gasteiger partial charge in [-0.2, -0.15) is 0 Å². The SMILES string of the molecule is CCCCCNC(=NCC1CC1)NCC. The number of rotatable bonds is 7. The Morgan fingerprint density at radius 3 is 2.60 bits per heavy atom. The van der Waals surface area contributed by atoms with E-state index in [0.717, 1.165) is 31.5 Å². The molecule has 1 aliphatic carbocycles. The van der Waals surface area contributed by atoms with Crippen molar-refractivity contribution in [2.24, 2.45) is 10.9 Å². The zero-order valence-corrected chi connectivity index (χ0v) is 10.2. The Hall–Kier alpha value is -0.730. The molecular formula is C12H25N3. The van der Waals surface area contributed by atoms with E-state index in [1.807, 2.05) is 0 Å². The van der Waals surface area contributed by atoms with Gasteiger partial charge >= 0.3 is 0 Å². The summed E-state index contributed by atoms with van der Waals surface area (Å²) < 4.78 is 0. The van der Waals surface area contributed by atoms with Gasteiger partial charge in [0.1, 0.15) is 0 Å². The quantitative estimate of drug-likeness (QED) is 0.384. The van der Waals surface area contributed by atoms with Crippen LogP contribution in [0.5, 0.6) is 0 Å². The molecule has 2 N–H and O–H groups in total. The molecule has 0 aromatic rings. The van der Waals surface area contributed by atoms with Crippen molar-refractivity contribution in [3.8, 4) is 0 Å². The Morgan fingerprint density at radius 1 is 1.20 bits per heavy atom. The average Bonchev–Trinajstić information content (AvgIpc) is 3.04. The van der Waals surface area contributed by atoms with Crippen LogP contribution in [-0.4, -0.2) is 25.6 Å². The molecule has 0 aliphatic heterocycles. The average molecular weight is 211 g/mol. The molecule has 1 aliphatic rings. The van der Waals surface area contributed by atoms with E-state index in [4.69, 9.17) is 0 Å². The molecule has 0 aromatic heterocycles. The highest BCUT2D eigenvalue weighted by Gasteiger charge is 2.20. The molecule has 0 unspecified atom stereocenters. The van der Waals surface area contributed by atoms with Crippen LogP contribution in [0.4, 0.5) is 0 Å². The Bertz CT molecular complexity index is 185. The second kappa shape index (κ2) is 7.55. The van der Waals surface area contributed by atoms with Gasteiger partial charge in [-0.25, -0.2) is 0 Å². The van der Waals surface area contributed by atoms with E-state index in [1.165, 1.54) is 32.1 Å². The summed E-state index contributed by atoms with van der Waals surface area (Å²) >= 11 is 0. The van der Waals surface area contributed by atoms with Gasteiger partial charge in [0.25, 0.3) is 0 Å². The van der Waals surface area contributed by atoms with Crippen molar-refractivity contribution in [2.75, 3.05) is 19.6 Å². The summed E-state index contributed by atoms with van der Waals surface area (Å²) in [5.41, 5.74) is 0. The minimum Gasteiger partial charge on any atom is -0.357 e. The van der Waals surface area contributed by atoms with Crippen molar-refractivity contribution < 1.29 is 0 Å². The van der Waals surface area contributed by atoms with Gasteiger partial charge in [-0.1, -0.05) is 19.8 Å². The number of hydrogen-bond donors (Lipinski definition) is 2. The maximum Gasteiger partial charge on any atom is 0.191 e. The molecule has 3 nitrogen and oxygen atoms in total. The van der Waals surface area contributed by atoms with E-state index in [-0.39, 0.29) is 0 Å². The number of nitrogens with zero attached hydrogens (tertiary/aromatic N) is 1. The highest BCUT2D eigenvalue weighted by molar-refractivity contribution is 5.79. The zero-order chi connectivity index (χ0) is 10.9. The monoisotopic (exact) mass is 211 g/mol. The van der Waals surface area contributed by atoms with E-state index in [0.29, 0.717) is 0 Å². The second-order valence-electron chi connectivity index (χ2n) is 4.30. The molecular weight excluding hydrogens is 186 g/mol. The highest BCUT2D eigenvalue weighted by Crippen LogP contribution is 2.28. The smallest absolute Gasteiger partial charge is 0.191 e. The fourth-order valence-electron chi connectivity index (χ4n) is 1.44. The molecule has 0 atom stereocenters. The van der Waals surface area contributed by atoms with Crippen molar-refractivity contribution in [1.29, 1.82) is 0 Å². The normalized spacial score (nSPS) is 16.5.